The van der Waals surface area contributed by atoms with Crippen LogP contribution in [0.4, 0.5) is 0 Å². The molecule has 0 spiro atoms. The van der Waals surface area contributed by atoms with Crippen molar-refractivity contribution in [3.63, 3.8) is 0 Å². The van der Waals surface area contributed by atoms with E-state index in [1.165, 1.54) is 27.7 Å². The van der Waals surface area contributed by atoms with Crippen molar-refractivity contribution < 1.29 is 9.47 Å². The van der Waals surface area contributed by atoms with Crippen molar-refractivity contribution in [1.82, 2.24) is 4.57 Å². The number of hydrogen-bond donors (Lipinski definition) is 0. The number of nitrogens with zero attached hydrogens (tertiary/aromatic N) is 1. The zero-order chi connectivity index (χ0) is 15.7. The zero-order valence-electron chi connectivity index (χ0n) is 13.5. The molecule has 0 aliphatic carbocycles. The largest absolute Gasteiger partial charge is 0.497 e. The van der Waals surface area contributed by atoms with Gasteiger partial charge in [-0.05, 0) is 36.2 Å². The van der Waals surface area contributed by atoms with Crippen LogP contribution in [0.25, 0.3) is 22.0 Å². The molecule has 3 rings (SSSR count). The number of benzene rings is 2. The average molecular weight is 295 g/mol. The smallest absolute Gasteiger partial charge is 0.120 e. The predicted molar refractivity (Wildman–Crippen MR) is 90.8 cm³/mol. The predicted octanol–water partition coefficient (Wildman–Crippen LogP) is 4.42. The average Bonchev–Trinajstić information content (AvgIpc) is 2.86. The lowest BCUT2D eigenvalue weighted by Gasteiger charge is -2.07. The van der Waals surface area contributed by atoms with Gasteiger partial charge in [-0.2, -0.15) is 0 Å². The van der Waals surface area contributed by atoms with Crippen molar-refractivity contribution in [3.8, 4) is 22.6 Å². The third kappa shape index (κ3) is 2.23. The fourth-order valence-electron chi connectivity index (χ4n) is 3.09. The Balaban J connectivity index is 2.26. The number of aromatic nitrogens is 1. The van der Waals surface area contributed by atoms with E-state index in [4.69, 9.17) is 9.47 Å². The summed E-state index contributed by atoms with van der Waals surface area (Å²) < 4.78 is 12.9. The molecule has 0 unspecified atom stereocenters. The third-order valence-corrected chi connectivity index (χ3v) is 4.24. The van der Waals surface area contributed by atoms with Crippen LogP contribution in [0, 0.1) is 0 Å². The highest BCUT2D eigenvalue weighted by atomic mass is 16.5. The van der Waals surface area contributed by atoms with Crippen LogP contribution in [0.3, 0.4) is 0 Å². The van der Waals surface area contributed by atoms with Crippen molar-refractivity contribution in [2.45, 2.75) is 13.3 Å². The van der Waals surface area contributed by atoms with Crippen LogP contribution in [0.15, 0.2) is 42.5 Å². The van der Waals surface area contributed by atoms with Crippen molar-refractivity contribution in [3.05, 3.63) is 48.2 Å². The van der Waals surface area contributed by atoms with Gasteiger partial charge in [0.05, 0.1) is 19.7 Å². The Hall–Kier alpha value is -2.42. The molecule has 3 aromatic rings. The molecule has 0 aliphatic heterocycles. The summed E-state index contributed by atoms with van der Waals surface area (Å²) in [6.45, 7) is 2.19. The maximum Gasteiger partial charge on any atom is 0.120 e. The summed E-state index contributed by atoms with van der Waals surface area (Å²) in [5.74, 6) is 1.76. The number of hydrogen-bond acceptors (Lipinski definition) is 2. The van der Waals surface area contributed by atoms with E-state index < -0.39 is 0 Å². The van der Waals surface area contributed by atoms with E-state index >= 15 is 0 Å². The molecule has 1 aromatic heterocycles. The minimum absolute atomic E-state index is 0.878. The maximum atomic E-state index is 5.37. The summed E-state index contributed by atoms with van der Waals surface area (Å²) in [4.78, 5) is 0. The monoisotopic (exact) mass is 295 g/mol. The Morgan fingerprint density at radius 2 is 1.55 bits per heavy atom. The van der Waals surface area contributed by atoms with Crippen molar-refractivity contribution in [2.75, 3.05) is 14.2 Å². The number of aryl methyl sites for hydroxylation is 1. The van der Waals surface area contributed by atoms with Crippen LogP contribution >= 0.6 is 0 Å². The van der Waals surface area contributed by atoms with Gasteiger partial charge >= 0.3 is 0 Å². The Bertz CT molecular complexity index is 800. The lowest BCUT2D eigenvalue weighted by Crippen LogP contribution is -1.95. The number of ether oxygens (including phenoxy) is 2. The molecule has 2 aromatic carbocycles. The van der Waals surface area contributed by atoms with Gasteiger partial charge in [0.2, 0.25) is 0 Å². The minimum atomic E-state index is 0.878. The molecule has 0 amide bonds. The number of methoxy groups -OCH3 is 2. The third-order valence-electron chi connectivity index (χ3n) is 4.24. The lowest BCUT2D eigenvalue weighted by atomic mass is 10.0. The molecular formula is C19H21NO2. The van der Waals surface area contributed by atoms with Crippen LogP contribution in [-0.2, 0) is 13.5 Å². The van der Waals surface area contributed by atoms with Crippen molar-refractivity contribution >= 4 is 10.9 Å². The first-order valence-electron chi connectivity index (χ1n) is 7.49. The summed E-state index contributed by atoms with van der Waals surface area (Å²) in [6, 6.07) is 14.5. The first-order chi connectivity index (χ1) is 10.7. The highest BCUT2D eigenvalue weighted by molar-refractivity contribution is 5.98. The first kappa shape index (κ1) is 14.5. The first-order valence-corrected chi connectivity index (χ1v) is 7.49. The van der Waals surface area contributed by atoms with Gasteiger partial charge in [0.15, 0.2) is 0 Å². The molecule has 0 bridgehead atoms. The highest BCUT2D eigenvalue weighted by Gasteiger charge is 2.16. The van der Waals surface area contributed by atoms with E-state index in [0.717, 1.165) is 17.9 Å². The normalized spacial score (nSPS) is 10.9. The topological polar surface area (TPSA) is 23.4 Å². The van der Waals surface area contributed by atoms with E-state index in [2.05, 4.69) is 42.8 Å². The van der Waals surface area contributed by atoms with Gasteiger partial charge in [0.1, 0.15) is 11.5 Å². The standard InChI is InChI=1S/C19H21NO2/c1-5-17-19(13-6-8-14(21-3)9-7-13)16-11-10-15(22-4)12-18(16)20(17)2/h6-12H,5H2,1-4H3. The van der Waals surface area contributed by atoms with Gasteiger partial charge in [0.25, 0.3) is 0 Å². The molecule has 0 fully saturated rings. The van der Waals surface area contributed by atoms with Crippen LogP contribution in [0.1, 0.15) is 12.6 Å². The van der Waals surface area contributed by atoms with Gasteiger partial charge in [-0.25, -0.2) is 0 Å². The molecule has 114 valence electrons. The Kier molecular flexibility index (Phi) is 3.80. The Morgan fingerprint density at radius 1 is 0.909 bits per heavy atom. The maximum absolute atomic E-state index is 5.37. The molecule has 1 heterocycles. The van der Waals surface area contributed by atoms with E-state index in [1.54, 1.807) is 14.2 Å². The summed E-state index contributed by atoms with van der Waals surface area (Å²) in [5, 5.41) is 1.25. The van der Waals surface area contributed by atoms with Gasteiger partial charge in [0, 0.05) is 29.8 Å². The zero-order valence-corrected chi connectivity index (χ0v) is 13.5. The van der Waals surface area contributed by atoms with Crippen LogP contribution in [0.2, 0.25) is 0 Å². The molecule has 0 saturated heterocycles. The summed E-state index contributed by atoms with van der Waals surface area (Å²) in [7, 11) is 5.51. The molecule has 3 heteroatoms. The van der Waals surface area contributed by atoms with Crippen LogP contribution in [0.5, 0.6) is 11.5 Å². The van der Waals surface area contributed by atoms with Gasteiger partial charge < -0.3 is 14.0 Å². The van der Waals surface area contributed by atoms with Gasteiger partial charge in [-0.15, -0.1) is 0 Å². The second kappa shape index (κ2) is 5.76. The summed E-state index contributed by atoms with van der Waals surface area (Å²) in [5.41, 5.74) is 5.04. The Labute approximate surface area is 131 Å². The van der Waals surface area contributed by atoms with E-state index in [0.29, 0.717) is 0 Å². The summed E-state index contributed by atoms with van der Waals surface area (Å²) >= 11 is 0. The van der Waals surface area contributed by atoms with E-state index in [-0.39, 0.29) is 0 Å². The lowest BCUT2D eigenvalue weighted by molar-refractivity contribution is 0.415. The van der Waals surface area contributed by atoms with Crippen molar-refractivity contribution in [1.29, 1.82) is 0 Å². The van der Waals surface area contributed by atoms with E-state index in [1.807, 2.05) is 18.2 Å². The molecule has 0 aliphatic rings. The fraction of sp³-hybridized carbons (Fsp3) is 0.263. The molecule has 0 atom stereocenters. The van der Waals surface area contributed by atoms with Crippen LogP contribution in [-0.4, -0.2) is 18.8 Å². The van der Waals surface area contributed by atoms with Crippen molar-refractivity contribution in [2.24, 2.45) is 7.05 Å². The molecule has 3 nitrogen and oxygen atoms in total. The fourth-order valence-corrected chi connectivity index (χ4v) is 3.09. The molecular weight excluding hydrogens is 274 g/mol. The molecule has 0 N–H and O–H groups in total. The molecule has 0 radical (unpaired) electrons. The second-order valence-corrected chi connectivity index (χ2v) is 5.35. The van der Waals surface area contributed by atoms with Crippen LogP contribution < -0.4 is 9.47 Å². The van der Waals surface area contributed by atoms with Gasteiger partial charge in [-0.3, -0.25) is 0 Å². The second-order valence-electron chi connectivity index (χ2n) is 5.35. The van der Waals surface area contributed by atoms with Gasteiger partial charge in [-0.1, -0.05) is 19.1 Å². The quantitative estimate of drug-likeness (QED) is 0.711. The SMILES string of the molecule is CCc1c(-c2ccc(OC)cc2)c2ccc(OC)cc2n1C. The summed E-state index contributed by atoms with van der Waals surface area (Å²) in [6.07, 6.45) is 0.981. The highest BCUT2D eigenvalue weighted by Crippen LogP contribution is 2.36. The molecule has 0 saturated carbocycles. The minimum Gasteiger partial charge on any atom is -0.497 e. The number of rotatable bonds is 4. The Morgan fingerprint density at radius 3 is 2.14 bits per heavy atom. The molecule has 22 heavy (non-hydrogen) atoms. The number of fused-ring (bicyclic) bond motifs is 1. The van der Waals surface area contributed by atoms with E-state index in [9.17, 15) is 0 Å².